The predicted octanol–water partition coefficient (Wildman–Crippen LogP) is 1.47. The highest BCUT2D eigenvalue weighted by molar-refractivity contribution is 6.02. The minimum atomic E-state index is 1.01. The first-order valence-electron chi connectivity index (χ1n) is 5.57. The zero-order chi connectivity index (χ0) is 10.7. The molecule has 0 aliphatic carbocycles. The Balaban J connectivity index is 2.43. The Kier molecular flexibility index (Phi) is 1.33. The van der Waals surface area contributed by atoms with E-state index >= 15 is 0 Å². The van der Waals surface area contributed by atoms with E-state index in [1.807, 2.05) is 0 Å². The normalized spacial score (nSPS) is 13.1. The van der Waals surface area contributed by atoms with Gasteiger partial charge in [0, 0.05) is 17.7 Å². The average Bonchev–Trinajstić information content (AvgIpc) is 2.67. The van der Waals surface area contributed by atoms with Gasteiger partial charge in [-0.05, 0) is 6.07 Å². The SMILES string of the molecule is C[n+]1cc2cccc3c2c2c1ccc[n+]2C3. The third-order valence-electron chi connectivity index (χ3n) is 3.52. The molecule has 2 nitrogen and oxygen atoms in total. The van der Waals surface area contributed by atoms with Crippen LogP contribution < -0.4 is 9.13 Å². The lowest BCUT2D eigenvalue weighted by Gasteiger charge is -1.96. The van der Waals surface area contributed by atoms with E-state index in [-0.39, 0.29) is 0 Å². The Bertz CT molecular complexity index is 744. The van der Waals surface area contributed by atoms with Gasteiger partial charge in [-0.15, -0.1) is 0 Å². The van der Waals surface area contributed by atoms with Crippen molar-refractivity contribution in [3.8, 4) is 0 Å². The molecule has 0 fully saturated rings. The Labute approximate surface area is 93.4 Å². The average molecular weight is 208 g/mol. The molecule has 2 heteroatoms. The van der Waals surface area contributed by atoms with E-state index in [2.05, 4.69) is 58.9 Å². The highest BCUT2D eigenvalue weighted by Gasteiger charge is 2.28. The van der Waals surface area contributed by atoms with E-state index in [1.165, 1.54) is 27.4 Å². The molecule has 1 aliphatic rings. The van der Waals surface area contributed by atoms with Crippen LogP contribution in [0.2, 0.25) is 0 Å². The second-order valence-corrected chi connectivity index (χ2v) is 4.49. The van der Waals surface area contributed by atoms with Crippen LogP contribution in [-0.2, 0) is 13.6 Å². The third-order valence-corrected chi connectivity index (χ3v) is 3.52. The summed E-state index contributed by atoms with van der Waals surface area (Å²) >= 11 is 0. The highest BCUT2D eigenvalue weighted by Crippen LogP contribution is 2.27. The fourth-order valence-corrected chi connectivity index (χ4v) is 2.84. The Hall–Kier alpha value is -1.96. The molecule has 3 heterocycles. The number of pyridine rings is 2. The number of aromatic nitrogens is 2. The van der Waals surface area contributed by atoms with Gasteiger partial charge in [0.25, 0.3) is 11.0 Å². The Morgan fingerprint density at radius 1 is 1.12 bits per heavy atom. The molecule has 0 spiro atoms. The zero-order valence-corrected chi connectivity index (χ0v) is 9.14. The lowest BCUT2D eigenvalue weighted by Crippen LogP contribution is -2.36. The van der Waals surface area contributed by atoms with Crippen LogP contribution >= 0.6 is 0 Å². The maximum atomic E-state index is 2.34. The summed E-state index contributed by atoms with van der Waals surface area (Å²) in [4.78, 5) is 0. The zero-order valence-electron chi connectivity index (χ0n) is 9.14. The molecule has 0 saturated heterocycles. The van der Waals surface area contributed by atoms with Gasteiger partial charge in [0.15, 0.2) is 18.9 Å². The molecule has 3 aromatic rings. The van der Waals surface area contributed by atoms with Crippen LogP contribution in [0.4, 0.5) is 0 Å². The topological polar surface area (TPSA) is 7.76 Å². The van der Waals surface area contributed by atoms with Crippen molar-refractivity contribution < 1.29 is 9.13 Å². The van der Waals surface area contributed by atoms with Crippen LogP contribution in [0, 0.1) is 0 Å². The molecule has 0 atom stereocenters. The summed E-state index contributed by atoms with van der Waals surface area (Å²) in [7, 11) is 2.12. The van der Waals surface area contributed by atoms with Crippen LogP contribution in [0.15, 0.2) is 42.7 Å². The molecule has 76 valence electrons. The maximum absolute atomic E-state index is 2.34. The molecule has 2 aromatic heterocycles. The van der Waals surface area contributed by atoms with Crippen LogP contribution in [-0.4, -0.2) is 0 Å². The van der Waals surface area contributed by atoms with Gasteiger partial charge in [-0.1, -0.05) is 12.1 Å². The number of nitrogens with zero attached hydrogens (tertiary/aromatic N) is 2. The largest absolute Gasteiger partial charge is 0.286 e. The molecule has 16 heavy (non-hydrogen) atoms. The van der Waals surface area contributed by atoms with Crippen molar-refractivity contribution in [3.63, 3.8) is 0 Å². The minimum absolute atomic E-state index is 1.01. The lowest BCUT2D eigenvalue weighted by molar-refractivity contribution is -0.672. The van der Waals surface area contributed by atoms with Gasteiger partial charge in [0.1, 0.15) is 7.05 Å². The number of hydrogen-bond acceptors (Lipinski definition) is 0. The minimum Gasteiger partial charge on any atom is -0.195 e. The van der Waals surface area contributed by atoms with Crippen molar-refractivity contribution >= 4 is 21.8 Å². The molecular weight excluding hydrogens is 196 g/mol. The fourth-order valence-electron chi connectivity index (χ4n) is 2.84. The Morgan fingerprint density at radius 3 is 3.00 bits per heavy atom. The van der Waals surface area contributed by atoms with Crippen LogP contribution in [0.25, 0.3) is 21.8 Å². The number of hydrogen-bond donors (Lipinski definition) is 0. The molecule has 0 radical (unpaired) electrons. The highest BCUT2D eigenvalue weighted by atomic mass is 15.0. The smallest absolute Gasteiger partial charge is 0.195 e. The molecule has 0 bridgehead atoms. The summed E-state index contributed by atoms with van der Waals surface area (Å²) in [5.74, 6) is 0. The number of rotatable bonds is 0. The second-order valence-electron chi connectivity index (χ2n) is 4.49. The summed E-state index contributed by atoms with van der Waals surface area (Å²) in [6, 6.07) is 10.9. The third kappa shape index (κ3) is 0.830. The van der Waals surface area contributed by atoms with Crippen LogP contribution in [0.1, 0.15) is 5.56 Å². The van der Waals surface area contributed by atoms with Crippen molar-refractivity contribution in [2.45, 2.75) is 6.54 Å². The van der Waals surface area contributed by atoms with Gasteiger partial charge in [-0.25, -0.2) is 0 Å². The van der Waals surface area contributed by atoms with Gasteiger partial charge in [-0.2, -0.15) is 9.13 Å². The van der Waals surface area contributed by atoms with E-state index in [1.54, 1.807) is 0 Å². The van der Waals surface area contributed by atoms with E-state index in [9.17, 15) is 0 Å². The van der Waals surface area contributed by atoms with Gasteiger partial charge in [0.05, 0.1) is 10.8 Å². The maximum Gasteiger partial charge on any atom is 0.286 e. The first-order chi connectivity index (χ1) is 7.84. The number of benzene rings is 1. The summed E-state index contributed by atoms with van der Waals surface area (Å²) in [5, 5.41) is 2.76. The monoisotopic (exact) mass is 208 g/mol. The van der Waals surface area contributed by atoms with E-state index < -0.39 is 0 Å². The van der Waals surface area contributed by atoms with Gasteiger partial charge >= 0.3 is 0 Å². The molecule has 4 rings (SSSR count). The second kappa shape index (κ2) is 2.59. The standard InChI is InChI=1S/C14H12N2/c1-15-8-10-4-2-5-11-9-16-7-3-6-12(15)14(16)13(10)11/h2-8H,9H2,1H3/q+2. The van der Waals surface area contributed by atoms with Crippen molar-refractivity contribution in [1.29, 1.82) is 0 Å². The van der Waals surface area contributed by atoms with Gasteiger partial charge < -0.3 is 0 Å². The van der Waals surface area contributed by atoms with Crippen molar-refractivity contribution in [2.24, 2.45) is 7.05 Å². The Morgan fingerprint density at radius 2 is 2.06 bits per heavy atom. The summed E-state index contributed by atoms with van der Waals surface area (Å²) in [6.45, 7) is 1.01. The molecule has 1 aromatic carbocycles. The van der Waals surface area contributed by atoms with E-state index in [0.717, 1.165) is 6.54 Å². The van der Waals surface area contributed by atoms with Crippen molar-refractivity contribution in [1.82, 2.24) is 0 Å². The molecule has 0 saturated carbocycles. The van der Waals surface area contributed by atoms with Crippen LogP contribution in [0.5, 0.6) is 0 Å². The summed E-state index contributed by atoms with van der Waals surface area (Å²) in [6.07, 6.45) is 4.39. The summed E-state index contributed by atoms with van der Waals surface area (Å²) in [5.41, 5.74) is 4.12. The summed E-state index contributed by atoms with van der Waals surface area (Å²) < 4.78 is 4.55. The predicted molar refractivity (Wildman–Crippen MR) is 61.9 cm³/mol. The van der Waals surface area contributed by atoms with E-state index in [4.69, 9.17) is 0 Å². The van der Waals surface area contributed by atoms with E-state index in [0.29, 0.717) is 0 Å². The van der Waals surface area contributed by atoms with Crippen molar-refractivity contribution in [2.75, 3.05) is 0 Å². The quantitative estimate of drug-likeness (QED) is 0.305. The van der Waals surface area contributed by atoms with Crippen molar-refractivity contribution in [3.05, 3.63) is 48.3 Å². The van der Waals surface area contributed by atoms with Gasteiger partial charge in [-0.3, -0.25) is 0 Å². The molecular formula is C14H12N2+2. The molecule has 0 amide bonds. The van der Waals surface area contributed by atoms with Crippen LogP contribution in [0.3, 0.4) is 0 Å². The molecule has 0 N–H and O–H groups in total. The first kappa shape index (κ1) is 8.22. The molecule has 0 unspecified atom stereocenters. The fraction of sp³-hybridized carbons (Fsp3) is 0.143. The number of aryl methyl sites for hydroxylation is 1. The lowest BCUT2D eigenvalue weighted by atomic mass is 10.1. The van der Waals surface area contributed by atoms with Gasteiger partial charge in [0.2, 0.25) is 0 Å². The first-order valence-corrected chi connectivity index (χ1v) is 5.57. The molecule has 1 aliphatic heterocycles.